The Morgan fingerprint density at radius 3 is 2.30 bits per heavy atom. The number of methoxy groups -OCH3 is 1. The van der Waals surface area contributed by atoms with Crippen LogP contribution < -0.4 is 5.32 Å². The van der Waals surface area contributed by atoms with E-state index in [2.05, 4.69) is 11.4 Å². The first-order valence-corrected chi connectivity index (χ1v) is 7.43. The maximum absolute atomic E-state index is 12.7. The quantitative estimate of drug-likeness (QED) is 0.922. The molecule has 0 fully saturated rings. The summed E-state index contributed by atoms with van der Waals surface area (Å²) in [6, 6.07) is 18.5. The number of carbonyl (C=O) groups excluding carboxylic acids is 1. The van der Waals surface area contributed by atoms with Crippen molar-refractivity contribution < 1.29 is 9.53 Å². The summed E-state index contributed by atoms with van der Waals surface area (Å²) >= 11 is 0. The normalized spacial score (nSPS) is 14.3. The lowest BCUT2D eigenvalue weighted by Gasteiger charge is -2.29. The third-order valence-electron chi connectivity index (χ3n) is 4.05. The molecule has 1 N–H and O–H groups in total. The van der Waals surface area contributed by atoms with Crippen LogP contribution in [0.1, 0.15) is 36.6 Å². The van der Waals surface area contributed by atoms with E-state index in [9.17, 15) is 4.79 Å². The molecule has 0 spiro atoms. The zero-order chi connectivity index (χ0) is 16.9. The maximum Gasteiger partial charge on any atom is 0.257 e. The molecular formula is C19H20N2O2. The van der Waals surface area contributed by atoms with Gasteiger partial charge in [0.05, 0.1) is 17.7 Å². The van der Waals surface area contributed by atoms with Crippen LogP contribution in [0, 0.1) is 11.3 Å². The lowest BCUT2D eigenvalue weighted by atomic mass is 9.94. The Kier molecular flexibility index (Phi) is 5.15. The van der Waals surface area contributed by atoms with E-state index in [0.29, 0.717) is 5.56 Å². The molecule has 0 aromatic heterocycles. The molecule has 118 valence electrons. The van der Waals surface area contributed by atoms with Gasteiger partial charge >= 0.3 is 0 Å². The Balaban J connectivity index is 2.17. The van der Waals surface area contributed by atoms with Crippen molar-refractivity contribution in [3.63, 3.8) is 0 Å². The molecule has 23 heavy (non-hydrogen) atoms. The molecule has 1 amide bonds. The van der Waals surface area contributed by atoms with Crippen molar-refractivity contribution in [2.45, 2.75) is 25.5 Å². The van der Waals surface area contributed by atoms with Crippen LogP contribution >= 0.6 is 0 Å². The van der Waals surface area contributed by atoms with Crippen LogP contribution in [0.2, 0.25) is 0 Å². The molecule has 0 bridgehead atoms. The Labute approximate surface area is 136 Å². The Hall–Kier alpha value is -2.64. The minimum absolute atomic E-state index is 0.187. The van der Waals surface area contributed by atoms with E-state index >= 15 is 0 Å². The van der Waals surface area contributed by atoms with Gasteiger partial charge in [0.25, 0.3) is 5.91 Å². The smallest absolute Gasteiger partial charge is 0.257 e. The maximum atomic E-state index is 12.7. The number of nitrogens with one attached hydrogen (secondary N) is 1. The summed E-state index contributed by atoms with van der Waals surface area (Å²) in [6.45, 7) is 3.66. The molecule has 0 aliphatic heterocycles. The van der Waals surface area contributed by atoms with Crippen LogP contribution in [0.4, 0.5) is 0 Å². The molecule has 2 aromatic rings. The summed E-state index contributed by atoms with van der Waals surface area (Å²) in [7, 11) is 1.53. The zero-order valence-corrected chi connectivity index (χ0v) is 13.5. The summed E-state index contributed by atoms with van der Waals surface area (Å²) in [5.41, 5.74) is 1.27. The highest BCUT2D eigenvalue weighted by Crippen LogP contribution is 2.26. The lowest BCUT2D eigenvalue weighted by molar-refractivity contribution is -0.143. The molecule has 0 saturated carbocycles. The molecule has 2 aromatic carbocycles. The van der Waals surface area contributed by atoms with E-state index in [1.165, 1.54) is 7.11 Å². The van der Waals surface area contributed by atoms with Gasteiger partial charge in [-0.3, -0.25) is 4.79 Å². The largest absolute Gasteiger partial charge is 0.364 e. The van der Waals surface area contributed by atoms with Gasteiger partial charge in [-0.05, 0) is 37.1 Å². The summed E-state index contributed by atoms with van der Waals surface area (Å²) < 4.78 is 5.50. The topological polar surface area (TPSA) is 62.1 Å². The number of hydrogen-bond donors (Lipinski definition) is 1. The fraction of sp³-hybridized carbons (Fsp3) is 0.263. The van der Waals surface area contributed by atoms with Crippen molar-refractivity contribution in [3.8, 4) is 6.07 Å². The monoisotopic (exact) mass is 308 g/mol. The summed E-state index contributed by atoms with van der Waals surface area (Å²) in [5.74, 6) is -0.206. The molecule has 0 aliphatic rings. The van der Waals surface area contributed by atoms with Gasteiger partial charge in [-0.1, -0.05) is 42.5 Å². The molecule has 0 aliphatic carbocycles. The minimum Gasteiger partial charge on any atom is -0.364 e. The molecule has 0 heterocycles. The number of ether oxygens (including phenoxy) is 1. The third-order valence-corrected chi connectivity index (χ3v) is 4.05. The van der Waals surface area contributed by atoms with Crippen molar-refractivity contribution in [2.24, 2.45) is 0 Å². The van der Waals surface area contributed by atoms with Crippen molar-refractivity contribution in [3.05, 3.63) is 71.3 Å². The summed E-state index contributed by atoms with van der Waals surface area (Å²) in [5, 5.41) is 11.8. The molecular weight excluding hydrogens is 288 g/mol. The fourth-order valence-electron chi connectivity index (χ4n) is 2.36. The van der Waals surface area contributed by atoms with Crippen molar-refractivity contribution in [2.75, 3.05) is 7.11 Å². The van der Waals surface area contributed by atoms with Gasteiger partial charge in [0.2, 0.25) is 0 Å². The van der Waals surface area contributed by atoms with E-state index < -0.39 is 5.60 Å². The van der Waals surface area contributed by atoms with E-state index in [1.54, 1.807) is 19.1 Å². The third kappa shape index (κ3) is 3.58. The lowest BCUT2D eigenvalue weighted by Crippen LogP contribution is -2.44. The highest BCUT2D eigenvalue weighted by Gasteiger charge is 2.35. The first kappa shape index (κ1) is 16.7. The van der Waals surface area contributed by atoms with E-state index in [0.717, 1.165) is 11.1 Å². The highest BCUT2D eigenvalue weighted by atomic mass is 16.5. The minimum atomic E-state index is -1.05. The summed E-state index contributed by atoms with van der Waals surface area (Å²) in [6.07, 6.45) is 0. The molecule has 0 unspecified atom stereocenters. The van der Waals surface area contributed by atoms with E-state index in [4.69, 9.17) is 10.00 Å². The number of benzene rings is 2. The van der Waals surface area contributed by atoms with Crippen LogP contribution in [0.3, 0.4) is 0 Å². The highest BCUT2D eigenvalue weighted by molar-refractivity contribution is 5.86. The van der Waals surface area contributed by atoms with Crippen LogP contribution in [0.5, 0.6) is 0 Å². The average Bonchev–Trinajstić information content (AvgIpc) is 2.61. The van der Waals surface area contributed by atoms with Gasteiger partial charge in [0, 0.05) is 7.11 Å². The number of hydrogen-bond acceptors (Lipinski definition) is 3. The summed E-state index contributed by atoms with van der Waals surface area (Å²) in [4.78, 5) is 12.7. The second kappa shape index (κ2) is 7.08. The predicted molar refractivity (Wildman–Crippen MR) is 88.5 cm³/mol. The first-order valence-electron chi connectivity index (χ1n) is 7.43. The Morgan fingerprint density at radius 1 is 1.17 bits per heavy atom. The molecule has 2 atom stereocenters. The number of carbonyl (C=O) groups is 1. The van der Waals surface area contributed by atoms with Crippen LogP contribution in [-0.4, -0.2) is 13.0 Å². The van der Waals surface area contributed by atoms with Gasteiger partial charge in [-0.15, -0.1) is 0 Å². The second-order valence-electron chi connectivity index (χ2n) is 5.53. The van der Waals surface area contributed by atoms with Gasteiger partial charge < -0.3 is 10.1 Å². The van der Waals surface area contributed by atoms with Crippen molar-refractivity contribution >= 4 is 5.91 Å². The number of rotatable bonds is 5. The first-order chi connectivity index (χ1) is 11.0. The average molecular weight is 308 g/mol. The molecule has 0 radical (unpaired) electrons. The van der Waals surface area contributed by atoms with Gasteiger partial charge in [0.15, 0.2) is 5.60 Å². The van der Waals surface area contributed by atoms with Gasteiger partial charge in [0.1, 0.15) is 0 Å². The van der Waals surface area contributed by atoms with Crippen molar-refractivity contribution in [1.82, 2.24) is 5.32 Å². The van der Waals surface area contributed by atoms with Gasteiger partial charge in [-0.25, -0.2) is 0 Å². The predicted octanol–water partition coefficient (Wildman–Crippen LogP) is 3.30. The SMILES string of the molecule is CO[C@](C)(C(=O)N[C@@H](C)c1ccc(C#N)cc1)c1ccccc1. The standard InChI is InChI=1S/C19H20N2O2/c1-14(16-11-9-15(13-20)10-12-16)21-18(22)19(2,23-3)17-7-5-4-6-8-17/h4-12,14H,1-3H3,(H,21,22)/t14-,19-/m0/s1. The molecule has 4 nitrogen and oxygen atoms in total. The number of nitriles is 1. The Bertz CT molecular complexity index is 704. The molecule has 4 heteroatoms. The fourth-order valence-corrected chi connectivity index (χ4v) is 2.36. The number of amides is 1. The number of nitrogens with zero attached hydrogens (tertiary/aromatic N) is 1. The molecule has 0 saturated heterocycles. The Morgan fingerprint density at radius 2 is 1.78 bits per heavy atom. The molecule has 2 rings (SSSR count). The van der Waals surface area contributed by atoms with E-state index in [1.807, 2.05) is 49.4 Å². The van der Waals surface area contributed by atoms with Crippen molar-refractivity contribution in [1.29, 1.82) is 5.26 Å². The van der Waals surface area contributed by atoms with Crippen LogP contribution in [0.15, 0.2) is 54.6 Å². The van der Waals surface area contributed by atoms with E-state index in [-0.39, 0.29) is 11.9 Å². The van der Waals surface area contributed by atoms with Gasteiger partial charge in [-0.2, -0.15) is 5.26 Å². The second-order valence-corrected chi connectivity index (χ2v) is 5.53. The van der Waals surface area contributed by atoms with Crippen LogP contribution in [0.25, 0.3) is 0 Å². The zero-order valence-electron chi connectivity index (χ0n) is 13.5. The van der Waals surface area contributed by atoms with Crippen LogP contribution in [-0.2, 0) is 15.1 Å².